The molecule has 0 bridgehead atoms. The summed E-state index contributed by atoms with van der Waals surface area (Å²) in [6, 6.07) is 30.3. The summed E-state index contributed by atoms with van der Waals surface area (Å²) in [5.74, 6) is -0.293. The van der Waals surface area contributed by atoms with E-state index in [-0.39, 0.29) is 11.7 Å². The summed E-state index contributed by atoms with van der Waals surface area (Å²) < 4.78 is 15.3. The highest BCUT2D eigenvalue weighted by molar-refractivity contribution is 5.91. The molecular weight excluding hydrogens is 399 g/mol. The van der Waals surface area contributed by atoms with E-state index in [0.717, 1.165) is 22.4 Å². The molecule has 4 aromatic rings. The van der Waals surface area contributed by atoms with E-state index in [1.807, 2.05) is 90.0 Å². The molecule has 0 radical (unpaired) electrons. The van der Waals surface area contributed by atoms with Crippen LogP contribution >= 0.6 is 0 Å². The van der Waals surface area contributed by atoms with Crippen LogP contribution in [0.25, 0.3) is 6.08 Å². The maximum Gasteiger partial charge on any atom is 0.247 e. The minimum absolute atomic E-state index is 0.0489. The number of nitrogens with zero attached hydrogens (tertiary/aromatic N) is 2. The fourth-order valence-corrected chi connectivity index (χ4v) is 3.58. The summed E-state index contributed by atoms with van der Waals surface area (Å²) in [5.41, 5.74) is 4.09. The lowest BCUT2D eigenvalue weighted by molar-refractivity contribution is -0.127. The van der Waals surface area contributed by atoms with Crippen molar-refractivity contribution in [1.29, 1.82) is 0 Å². The Morgan fingerprint density at radius 2 is 1.47 bits per heavy atom. The second-order valence-corrected chi connectivity index (χ2v) is 7.68. The zero-order chi connectivity index (χ0) is 22.2. The van der Waals surface area contributed by atoms with E-state index in [1.54, 1.807) is 18.2 Å². The molecule has 0 aliphatic rings. The third-order valence-corrected chi connectivity index (χ3v) is 5.29. The van der Waals surface area contributed by atoms with E-state index >= 15 is 0 Å². The summed E-state index contributed by atoms with van der Waals surface area (Å²) in [7, 11) is 0. The van der Waals surface area contributed by atoms with Crippen LogP contribution in [-0.4, -0.2) is 15.4 Å². The Hall–Kier alpha value is -3.92. The highest BCUT2D eigenvalue weighted by atomic mass is 19.1. The minimum Gasteiger partial charge on any atom is -0.345 e. The molecule has 0 spiro atoms. The van der Waals surface area contributed by atoms with Gasteiger partial charge in [0.15, 0.2) is 0 Å². The lowest BCUT2D eigenvalue weighted by Gasteiger charge is -2.23. The van der Waals surface area contributed by atoms with E-state index in [1.165, 1.54) is 12.1 Å². The molecule has 0 atom stereocenters. The number of aromatic nitrogens is 1. The van der Waals surface area contributed by atoms with Gasteiger partial charge in [0.05, 0.1) is 6.54 Å². The van der Waals surface area contributed by atoms with Crippen molar-refractivity contribution in [3.05, 3.63) is 138 Å². The molecule has 1 amide bonds. The monoisotopic (exact) mass is 424 g/mol. The molecule has 32 heavy (non-hydrogen) atoms. The van der Waals surface area contributed by atoms with Gasteiger partial charge in [-0.25, -0.2) is 4.39 Å². The number of amides is 1. The minimum atomic E-state index is -0.244. The Bertz CT molecular complexity index is 1170. The fourth-order valence-electron chi connectivity index (χ4n) is 3.58. The van der Waals surface area contributed by atoms with Crippen LogP contribution in [0.4, 0.5) is 4.39 Å². The standard InChI is InChI=1S/C28H25FN2O/c29-26-16-13-25(14-17-26)20-30-19-7-12-27(30)22-31(21-24-10-5-2-6-11-24)28(32)18-15-23-8-3-1-4-9-23/h1-19H,20-22H2/b18-15+. The van der Waals surface area contributed by atoms with E-state index in [4.69, 9.17) is 0 Å². The van der Waals surface area contributed by atoms with Gasteiger partial charge in [-0.05, 0) is 47.0 Å². The van der Waals surface area contributed by atoms with Gasteiger partial charge in [0, 0.05) is 31.1 Å². The van der Waals surface area contributed by atoms with Crippen molar-refractivity contribution in [3.8, 4) is 0 Å². The Morgan fingerprint density at radius 1 is 0.781 bits per heavy atom. The van der Waals surface area contributed by atoms with E-state index in [9.17, 15) is 9.18 Å². The van der Waals surface area contributed by atoms with E-state index in [0.29, 0.717) is 19.6 Å². The van der Waals surface area contributed by atoms with Crippen LogP contribution in [0.3, 0.4) is 0 Å². The van der Waals surface area contributed by atoms with Gasteiger partial charge < -0.3 is 9.47 Å². The quantitative estimate of drug-likeness (QED) is 0.323. The molecule has 3 nitrogen and oxygen atoms in total. The zero-order valence-electron chi connectivity index (χ0n) is 17.8. The summed E-state index contributed by atoms with van der Waals surface area (Å²) in [5, 5.41) is 0. The van der Waals surface area contributed by atoms with Crippen molar-refractivity contribution in [2.24, 2.45) is 0 Å². The molecule has 4 rings (SSSR count). The van der Waals surface area contributed by atoms with Gasteiger partial charge >= 0.3 is 0 Å². The average molecular weight is 425 g/mol. The van der Waals surface area contributed by atoms with Crippen LogP contribution in [0, 0.1) is 5.82 Å². The number of benzene rings is 3. The van der Waals surface area contributed by atoms with Gasteiger partial charge in [0.25, 0.3) is 0 Å². The van der Waals surface area contributed by atoms with Gasteiger partial charge in [0.1, 0.15) is 5.82 Å². The molecule has 1 aromatic heterocycles. The second-order valence-electron chi connectivity index (χ2n) is 7.68. The van der Waals surface area contributed by atoms with Gasteiger partial charge in [-0.1, -0.05) is 72.8 Å². The predicted molar refractivity (Wildman–Crippen MR) is 126 cm³/mol. The molecule has 0 aliphatic heterocycles. The molecule has 160 valence electrons. The fraction of sp³-hybridized carbons (Fsp3) is 0.107. The van der Waals surface area contributed by atoms with Crippen LogP contribution < -0.4 is 0 Å². The van der Waals surface area contributed by atoms with Gasteiger partial charge in [-0.3, -0.25) is 4.79 Å². The normalized spacial score (nSPS) is 11.0. The number of hydrogen-bond donors (Lipinski definition) is 0. The van der Waals surface area contributed by atoms with Crippen LogP contribution in [0.1, 0.15) is 22.4 Å². The number of carbonyl (C=O) groups is 1. The third kappa shape index (κ3) is 5.82. The molecule has 0 N–H and O–H groups in total. The topological polar surface area (TPSA) is 25.2 Å². The Balaban J connectivity index is 1.54. The van der Waals surface area contributed by atoms with Gasteiger partial charge in [-0.15, -0.1) is 0 Å². The highest BCUT2D eigenvalue weighted by Gasteiger charge is 2.14. The van der Waals surface area contributed by atoms with Gasteiger partial charge in [-0.2, -0.15) is 0 Å². The summed E-state index contributed by atoms with van der Waals surface area (Å²) >= 11 is 0. The smallest absolute Gasteiger partial charge is 0.247 e. The number of halogens is 1. The zero-order valence-corrected chi connectivity index (χ0v) is 17.8. The van der Waals surface area contributed by atoms with Crippen LogP contribution in [0.5, 0.6) is 0 Å². The molecule has 0 unspecified atom stereocenters. The van der Waals surface area contributed by atoms with Gasteiger partial charge in [0.2, 0.25) is 5.91 Å². The second kappa shape index (κ2) is 10.4. The average Bonchev–Trinajstić information content (AvgIpc) is 3.26. The summed E-state index contributed by atoms with van der Waals surface area (Å²) in [6.45, 7) is 1.61. The van der Waals surface area contributed by atoms with Crippen molar-refractivity contribution in [2.45, 2.75) is 19.6 Å². The van der Waals surface area contributed by atoms with Crippen molar-refractivity contribution in [2.75, 3.05) is 0 Å². The number of carbonyl (C=O) groups excluding carboxylic acids is 1. The first-order chi connectivity index (χ1) is 15.7. The molecule has 4 heteroatoms. The summed E-state index contributed by atoms with van der Waals surface area (Å²) in [6.07, 6.45) is 5.47. The molecular formula is C28H25FN2O. The van der Waals surface area contributed by atoms with E-state index < -0.39 is 0 Å². The maximum atomic E-state index is 13.3. The molecule has 1 heterocycles. The Kier molecular flexibility index (Phi) is 6.93. The molecule has 0 saturated heterocycles. The SMILES string of the molecule is O=C(/C=C/c1ccccc1)N(Cc1ccccc1)Cc1cccn1Cc1ccc(F)cc1. The lowest BCUT2D eigenvalue weighted by Crippen LogP contribution is -2.29. The van der Waals surface area contributed by atoms with Crippen molar-refractivity contribution >= 4 is 12.0 Å². The molecule has 3 aromatic carbocycles. The van der Waals surface area contributed by atoms with Crippen LogP contribution in [0.2, 0.25) is 0 Å². The maximum absolute atomic E-state index is 13.3. The first-order valence-corrected chi connectivity index (χ1v) is 10.6. The predicted octanol–water partition coefficient (Wildman–Crippen LogP) is 5.92. The number of rotatable bonds is 8. The lowest BCUT2D eigenvalue weighted by atomic mass is 10.2. The first kappa shape index (κ1) is 21.3. The first-order valence-electron chi connectivity index (χ1n) is 10.6. The van der Waals surface area contributed by atoms with Crippen LogP contribution in [0.15, 0.2) is 109 Å². The Morgan fingerprint density at radius 3 is 2.19 bits per heavy atom. The Labute approximate surface area is 188 Å². The third-order valence-electron chi connectivity index (χ3n) is 5.29. The molecule has 0 fully saturated rings. The number of hydrogen-bond acceptors (Lipinski definition) is 1. The molecule has 0 saturated carbocycles. The van der Waals surface area contributed by atoms with Crippen LogP contribution in [-0.2, 0) is 24.4 Å². The van der Waals surface area contributed by atoms with Crippen molar-refractivity contribution in [3.63, 3.8) is 0 Å². The van der Waals surface area contributed by atoms with Crippen molar-refractivity contribution in [1.82, 2.24) is 9.47 Å². The summed E-state index contributed by atoms with van der Waals surface area (Å²) in [4.78, 5) is 15.0. The van der Waals surface area contributed by atoms with E-state index in [2.05, 4.69) is 4.57 Å². The molecule has 0 aliphatic carbocycles. The van der Waals surface area contributed by atoms with Crippen molar-refractivity contribution < 1.29 is 9.18 Å². The largest absolute Gasteiger partial charge is 0.345 e. The highest BCUT2D eigenvalue weighted by Crippen LogP contribution is 2.15.